The van der Waals surface area contributed by atoms with Crippen LogP contribution in [0.15, 0.2) is 18.2 Å². The molecule has 1 saturated carbocycles. The minimum Gasteiger partial charge on any atom is -0.371 e. The van der Waals surface area contributed by atoms with E-state index in [2.05, 4.69) is 24.2 Å². The van der Waals surface area contributed by atoms with Crippen molar-refractivity contribution in [2.75, 3.05) is 18.5 Å². The van der Waals surface area contributed by atoms with Crippen molar-refractivity contribution in [2.45, 2.75) is 38.8 Å². The van der Waals surface area contributed by atoms with Gasteiger partial charge in [0.05, 0.1) is 0 Å². The highest BCUT2D eigenvalue weighted by atomic mass is 19.1. The summed E-state index contributed by atoms with van der Waals surface area (Å²) in [5.74, 6) is -0.149. The van der Waals surface area contributed by atoms with Gasteiger partial charge in [-0.3, -0.25) is 0 Å². The Kier molecular flexibility index (Phi) is 4.00. The molecular formula is C14H21FN2. The highest BCUT2D eigenvalue weighted by molar-refractivity contribution is 5.54. The lowest BCUT2D eigenvalue weighted by molar-refractivity contribution is 0.400. The number of benzene rings is 1. The maximum Gasteiger partial charge on any atom is 0.123 e. The molecule has 0 atom stereocenters. The molecule has 1 N–H and O–H groups in total. The number of nitrogens with zero attached hydrogens (tertiary/aromatic N) is 1. The van der Waals surface area contributed by atoms with Crippen molar-refractivity contribution >= 4 is 5.69 Å². The number of anilines is 1. The van der Waals surface area contributed by atoms with E-state index in [0.717, 1.165) is 24.3 Å². The molecule has 3 heteroatoms. The smallest absolute Gasteiger partial charge is 0.123 e. The Labute approximate surface area is 103 Å². The Bertz CT molecular complexity index is 374. The normalized spacial score (nSPS) is 15.7. The fraction of sp³-hybridized carbons (Fsp3) is 0.571. The van der Waals surface area contributed by atoms with E-state index in [4.69, 9.17) is 0 Å². The molecule has 1 aliphatic rings. The van der Waals surface area contributed by atoms with Crippen LogP contribution in [-0.4, -0.2) is 19.6 Å². The third-order valence-electron chi connectivity index (χ3n) is 3.61. The number of nitrogens with one attached hydrogen (secondary N) is 1. The minimum atomic E-state index is -0.149. The molecule has 0 aliphatic heterocycles. The van der Waals surface area contributed by atoms with E-state index in [1.165, 1.54) is 19.3 Å². The van der Waals surface area contributed by atoms with Crippen molar-refractivity contribution in [2.24, 2.45) is 0 Å². The number of hydrogen-bond donors (Lipinski definition) is 1. The molecule has 1 aliphatic carbocycles. The van der Waals surface area contributed by atoms with E-state index in [0.29, 0.717) is 6.04 Å². The molecule has 2 nitrogen and oxygen atoms in total. The molecule has 2 rings (SSSR count). The fourth-order valence-electron chi connectivity index (χ4n) is 2.27. The van der Waals surface area contributed by atoms with Gasteiger partial charge in [-0.25, -0.2) is 4.39 Å². The van der Waals surface area contributed by atoms with Crippen LogP contribution in [0, 0.1) is 5.82 Å². The Balaban J connectivity index is 2.18. The molecule has 0 amide bonds. The van der Waals surface area contributed by atoms with Crippen LogP contribution in [-0.2, 0) is 6.54 Å². The first-order valence-corrected chi connectivity index (χ1v) is 6.44. The molecule has 17 heavy (non-hydrogen) atoms. The van der Waals surface area contributed by atoms with Crippen LogP contribution < -0.4 is 10.2 Å². The Morgan fingerprint density at radius 2 is 2.18 bits per heavy atom. The maximum atomic E-state index is 13.3. The molecule has 0 spiro atoms. The van der Waals surface area contributed by atoms with Crippen LogP contribution in [0.25, 0.3) is 0 Å². The molecule has 0 unspecified atom stereocenters. The van der Waals surface area contributed by atoms with Gasteiger partial charge < -0.3 is 10.2 Å². The summed E-state index contributed by atoms with van der Waals surface area (Å²) in [5, 5.41) is 3.27. The Morgan fingerprint density at radius 1 is 1.41 bits per heavy atom. The van der Waals surface area contributed by atoms with Gasteiger partial charge in [0.15, 0.2) is 0 Å². The van der Waals surface area contributed by atoms with E-state index in [1.807, 2.05) is 6.07 Å². The first kappa shape index (κ1) is 12.4. The van der Waals surface area contributed by atoms with Crippen LogP contribution in [0.4, 0.5) is 10.1 Å². The maximum absolute atomic E-state index is 13.3. The zero-order valence-corrected chi connectivity index (χ0v) is 10.7. The van der Waals surface area contributed by atoms with Gasteiger partial charge in [0.25, 0.3) is 0 Å². The number of halogens is 1. The van der Waals surface area contributed by atoms with Crippen molar-refractivity contribution in [1.82, 2.24) is 5.32 Å². The zero-order valence-electron chi connectivity index (χ0n) is 10.7. The van der Waals surface area contributed by atoms with Gasteiger partial charge >= 0.3 is 0 Å². The first-order chi connectivity index (χ1) is 8.22. The Hall–Kier alpha value is -1.09. The summed E-state index contributed by atoms with van der Waals surface area (Å²) >= 11 is 0. The largest absolute Gasteiger partial charge is 0.371 e. The van der Waals surface area contributed by atoms with Crippen LogP contribution in [0.3, 0.4) is 0 Å². The van der Waals surface area contributed by atoms with E-state index in [1.54, 1.807) is 12.1 Å². The van der Waals surface area contributed by atoms with Gasteiger partial charge in [0, 0.05) is 25.3 Å². The third kappa shape index (κ3) is 2.78. The lowest BCUT2D eigenvalue weighted by atomic mass is 9.91. The monoisotopic (exact) mass is 236 g/mol. The summed E-state index contributed by atoms with van der Waals surface area (Å²) in [7, 11) is 2.12. The van der Waals surface area contributed by atoms with Crippen molar-refractivity contribution in [3.8, 4) is 0 Å². The summed E-state index contributed by atoms with van der Waals surface area (Å²) in [6, 6.07) is 5.74. The number of rotatable bonds is 5. The van der Waals surface area contributed by atoms with Gasteiger partial charge in [-0.2, -0.15) is 0 Å². The molecule has 94 valence electrons. The van der Waals surface area contributed by atoms with Gasteiger partial charge in [-0.15, -0.1) is 0 Å². The lowest BCUT2D eigenvalue weighted by Gasteiger charge is -2.37. The molecule has 0 radical (unpaired) electrons. The summed E-state index contributed by atoms with van der Waals surface area (Å²) in [6.07, 6.45) is 3.84. The van der Waals surface area contributed by atoms with E-state index < -0.39 is 0 Å². The third-order valence-corrected chi connectivity index (χ3v) is 3.61. The molecular weight excluding hydrogens is 215 g/mol. The molecule has 0 heterocycles. The SMILES string of the molecule is CCNCc1cc(F)ccc1N(C)C1CCC1. The topological polar surface area (TPSA) is 15.3 Å². The van der Waals surface area contributed by atoms with Crippen molar-refractivity contribution in [3.63, 3.8) is 0 Å². The second-order valence-electron chi connectivity index (χ2n) is 4.75. The molecule has 0 aromatic heterocycles. The molecule has 1 fully saturated rings. The second kappa shape index (κ2) is 5.50. The predicted octanol–water partition coefficient (Wildman–Crippen LogP) is 2.92. The quantitative estimate of drug-likeness (QED) is 0.845. The highest BCUT2D eigenvalue weighted by Gasteiger charge is 2.23. The van der Waals surface area contributed by atoms with Crippen molar-refractivity contribution < 1.29 is 4.39 Å². The highest BCUT2D eigenvalue weighted by Crippen LogP contribution is 2.30. The van der Waals surface area contributed by atoms with Crippen molar-refractivity contribution in [3.05, 3.63) is 29.6 Å². The Morgan fingerprint density at radius 3 is 2.76 bits per heavy atom. The molecule has 0 bridgehead atoms. The van der Waals surface area contributed by atoms with E-state index in [9.17, 15) is 4.39 Å². The van der Waals surface area contributed by atoms with Crippen LogP contribution in [0.1, 0.15) is 31.7 Å². The summed E-state index contributed by atoms with van der Waals surface area (Å²) in [4.78, 5) is 2.30. The van der Waals surface area contributed by atoms with Crippen LogP contribution in [0.2, 0.25) is 0 Å². The zero-order chi connectivity index (χ0) is 12.3. The molecule has 0 saturated heterocycles. The molecule has 1 aromatic rings. The average Bonchev–Trinajstić information content (AvgIpc) is 2.23. The van der Waals surface area contributed by atoms with Gasteiger partial charge in [-0.05, 0) is 49.6 Å². The predicted molar refractivity (Wildman–Crippen MR) is 69.8 cm³/mol. The van der Waals surface area contributed by atoms with Crippen LogP contribution in [0.5, 0.6) is 0 Å². The summed E-state index contributed by atoms with van der Waals surface area (Å²) < 4.78 is 13.3. The van der Waals surface area contributed by atoms with Crippen LogP contribution >= 0.6 is 0 Å². The minimum absolute atomic E-state index is 0.149. The molecule has 1 aromatic carbocycles. The fourth-order valence-corrected chi connectivity index (χ4v) is 2.27. The number of hydrogen-bond acceptors (Lipinski definition) is 2. The summed E-state index contributed by atoms with van der Waals surface area (Å²) in [5.41, 5.74) is 2.22. The van der Waals surface area contributed by atoms with Crippen molar-refractivity contribution in [1.29, 1.82) is 0 Å². The second-order valence-corrected chi connectivity index (χ2v) is 4.75. The lowest BCUT2D eigenvalue weighted by Crippen LogP contribution is -2.37. The van der Waals surface area contributed by atoms with Gasteiger partial charge in [0.2, 0.25) is 0 Å². The van der Waals surface area contributed by atoms with Gasteiger partial charge in [-0.1, -0.05) is 6.92 Å². The van der Waals surface area contributed by atoms with E-state index >= 15 is 0 Å². The average molecular weight is 236 g/mol. The first-order valence-electron chi connectivity index (χ1n) is 6.44. The van der Waals surface area contributed by atoms with E-state index in [-0.39, 0.29) is 5.82 Å². The summed E-state index contributed by atoms with van der Waals surface area (Å²) in [6.45, 7) is 3.71. The standard InChI is InChI=1S/C14H21FN2/c1-3-16-10-11-9-12(15)7-8-14(11)17(2)13-5-4-6-13/h7-9,13,16H,3-6,10H2,1-2H3. The van der Waals surface area contributed by atoms with Gasteiger partial charge in [0.1, 0.15) is 5.82 Å².